The fourth-order valence-electron chi connectivity index (χ4n) is 2.42. The number of hydrogen-bond donors (Lipinski definition) is 2. The Labute approximate surface area is 108 Å². The van der Waals surface area contributed by atoms with E-state index in [1.807, 2.05) is 12.1 Å². The maximum absolute atomic E-state index is 6.13. The fraction of sp³-hybridized carbons (Fsp3) is 0.615. The molecule has 0 radical (unpaired) electrons. The van der Waals surface area contributed by atoms with E-state index in [2.05, 4.69) is 17.2 Å². The van der Waals surface area contributed by atoms with Crippen LogP contribution in [0.3, 0.4) is 0 Å². The van der Waals surface area contributed by atoms with Crippen molar-refractivity contribution in [3.8, 4) is 0 Å². The summed E-state index contributed by atoms with van der Waals surface area (Å²) in [6.07, 6.45) is 6.38. The van der Waals surface area contributed by atoms with Crippen molar-refractivity contribution in [2.45, 2.75) is 38.1 Å². The summed E-state index contributed by atoms with van der Waals surface area (Å²) in [6, 6.07) is 3.69. The first-order chi connectivity index (χ1) is 8.15. The third-order valence-corrected chi connectivity index (χ3v) is 4.07. The maximum atomic E-state index is 6.13. The van der Waals surface area contributed by atoms with Gasteiger partial charge < -0.3 is 11.1 Å². The van der Waals surface area contributed by atoms with Crippen molar-refractivity contribution in [2.24, 2.45) is 11.7 Å². The highest BCUT2D eigenvalue weighted by molar-refractivity contribution is 6.32. The topological polar surface area (TPSA) is 50.9 Å². The fourth-order valence-corrected chi connectivity index (χ4v) is 2.59. The van der Waals surface area contributed by atoms with Crippen LogP contribution in [0.4, 0.5) is 5.82 Å². The van der Waals surface area contributed by atoms with Crippen molar-refractivity contribution in [1.29, 1.82) is 0 Å². The summed E-state index contributed by atoms with van der Waals surface area (Å²) >= 11 is 6.13. The van der Waals surface area contributed by atoms with Crippen molar-refractivity contribution in [2.75, 3.05) is 11.9 Å². The molecule has 0 spiro atoms. The van der Waals surface area contributed by atoms with E-state index in [1.54, 1.807) is 6.20 Å². The van der Waals surface area contributed by atoms with Gasteiger partial charge in [0, 0.05) is 12.7 Å². The average Bonchev–Trinajstić information content (AvgIpc) is 2.35. The SMILES string of the molecule is CC1CCC(CN)(Nc2ncccc2Cl)CC1. The predicted molar refractivity (Wildman–Crippen MR) is 72.3 cm³/mol. The predicted octanol–water partition coefficient (Wildman–Crippen LogP) is 3.05. The molecular formula is C13H20ClN3. The largest absolute Gasteiger partial charge is 0.362 e. The van der Waals surface area contributed by atoms with E-state index in [1.165, 1.54) is 12.8 Å². The van der Waals surface area contributed by atoms with E-state index < -0.39 is 0 Å². The van der Waals surface area contributed by atoms with Gasteiger partial charge in [-0.2, -0.15) is 0 Å². The molecule has 0 aromatic carbocycles. The van der Waals surface area contributed by atoms with Crippen LogP contribution in [0.1, 0.15) is 32.6 Å². The molecule has 1 aliphatic carbocycles. The molecule has 0 bridgehead atoms. The molecule has 1 saturated carbocycles. The van der Waals surface area contributed by atoms with Gasteiger partial charge in [0.05, 0.1) is 10.6 Å². The third kappa shape index (κ3) is 2.90. The molecule has 1 aromatic heterocycles. The highest BCUT2D eigenvalue weighted by Gasteiger charge is 2.33. The van der Waals surface area contributed by atoms with Gasteiger partial charge in [-0.25, -0.2) is 4.98 Å². The van der Waals surface area contributed by atoms with E-state index in [4.69, 9.17) is 17.3 Å². The summed E-state index contributed by atoms with van der Waals surface area (Å²) in [5.41, 5.74) is 5.92. The standard InChI is InChI=1S/C13H20ClN3/c1-10-4-6-13(9-15,7-5-10)17-12-11(14)3-2-8-16-12/h2-3,8,10H,4-7,9,15H2,1H3,(H,16,17). The van der Waals surface area contributed by atoms with Crippen LogP contribution in [0.2, 0.25) is 5.02 Å². The van der Waals surface area contributed by atoms with Gasteiger partial charge in [0.1, 0.15) is 5.82 Å². The van der Waals surface area contributed by atoms with Gasteiger partial charge in [-0.1, -0.05) is 18.5 Å². The van der Waals surface area contributed by atoms with Crippen LogP contribution in [0.15, 0.2) is 18.3 Å². The van der Waals surface area contributed by atoms with Crippen LogP contribution < -0.4 is 11.1 Å². The number of nitrogens with one attached hydrogen (secondary N) is 1. The lowest BCUT2D eigenvalue weighted by Gasteiger charge is -2.39. The van der Waals surface area contributed by atoms with Crippen molar-refractivity contribution in [3.05, 3.63) is 23.4 Å². The lowest BCUT2D eigenvalue weighted by molar-refractivity contribution is 0.271. The number of pyridine rings is 1. The van der Waals surface area contributed by atoms with Gasteiger partial charge in [0.15, 0.2) is 0 Å². The van der Waals surface area contributed by atoms with E-state index in [0.29, 0.717) is 11.6 Å². The Morgan fingerprint density at radius 2 is 2.24 bits per heavy atom. The molecule has 94 valence electrons. The summed E-state index contributed by atoms with van der Waals surface area (Å²) in [7, 11) is 0. The number of nitrogens with zero attached hydrogens (tertiary/aromatic N) is 1. The summed E-state index contributed by atoms with van der Waals surface area (Å²) in [5, 5.41) is 4.13. The monoisotopic (exact) mass is 253 g/mol. The quantitative estimate of drug-likeness (QED) is 0.871. The van der Waals surface area contributed by atoms with Gasteiger partial charge in [-0.3, -0.25) is 0 Å². The Hall–Kier alpha value is -0.800. The molecule has 1 fully saturated rings. The Kier molecular flexibility index (Phi) is 3.89. The second-order valence-corrected chi connectivity index (χ2v) is 5.53. The van der Waals surface area contributed by atoms with Crippen molar-refractivity contribution < 1.29 is 0 Å². The highest BCUT2D eigenvalue weighted by Crippen LogP contribution is 2.34. The lowest BCUT2D eigenvalue weighted by atomic mass is 9.77. The number of halogens is 1. The Bertz CT molecular complexity index is 373. The zero-order chi connectivity index (χ0) is 12.3. The van der Waals surface area contributed by atoms with Gasteiger partial charge in [0.25, 0.3) is 0 Å². The minimum absolute atomic E-state index is 0.0233. The molecule has 3 nitrogen and oxygen atoms in total. The molecule has 0 amide bonds. The molecule has 1 heterocycles. The highest BCUT2D eigenvalue weighted by atomic mass is 35.5. The zero-order valence-corrected chi connectivity index (χ0v) is 11.0. The second kappa shape index (κ2) is 5.23. The van der Waals surface area contributed by atoms with Crippen LogP contribution in [0, 0.1) is 5.92 Å². The first kappa shape index (κ1) is 12.7. The maximum Gasteiger partial charge on any atom is 0.145 e. The minimum Gasteiger partial charge on any atom is -0.362 e. The number of aromatic nitrogens is 1. The van der Waals surface area contributed by atoms with Gasteiger partial charge in [-0.05, 0) is 43.7 Å². The van der Waals surface area contributed by atoms with Crippen molar-refractivity contribution >= 4 is 17.4 Å². The van der Waals surface area contributed by atoms with Gasteiger partial charge in [-0.15, -0.1) is 0 Å². The molecule has 0 unspecified atom stereocenters. The molecule has 17 heavy (non-hydrogen) atoms. The summed E-state index contributed by atoms with van der Waals surface area (Å²) in [5.74, 6) is 1.56. The molecule has 0 saturated heterocycles. The smallest absolute Gasteiger partial charge is 0.145 e. The van der Waals surface area contributed by atoms with E-state index >= 15 is 0 Å². The number of nitrogens with two attached hydrogens (primary N) is 1. The second-order valence-electron chi connectivity index (χ2n) is 5.13. The Balaban J connectivity index is 2.12. The molecule has 1 aliphatic rings. The normalized spacial score (nSPS) is 29.0. The molecular weight excluding hydrogens is 234 g/mol. The number of rotatable bonds is 3. The molecule has 0 atom stereocenters. The van der Waals surface area contributed by atoms with E-state index in [0.717, 1.165) is 24.6 Å². The first-order valence-corrected chi connectivity index (χ1v) is 6.62. The van der Waals surface area contributed by atoms with Gasteiger partial charge >= 0.3 is 0 Å². The molecule has 3 N–H and O–H groups in total. The lowest BCUT2D eigenvalue weighted by Crippen LogP contribution is -2.48. The summed E-state index contributed by atoms with van der Waals surface area (Å²) in [4.78, 5) is 4.29. The van der Waals surface area contributed by atoms with Crippen LogP contribution in [-0.4, -0.2) is 17.1 Å². The van der Waals surface area contributed by atoms with Gasteiger partial charge in [0.2, 0.25) is 0 Å². The van der Waals surface area contributed by atoms with E-state index in [-0.39, 0.29) is 5.54 Å². The van der Waals surface area contributed by atoms with E-state index in [9.17, 15) is 0 Å². The van der Waals surface area contributed by atoms with Crippen LogP contribution in [0.5, 0.6) is 0 Å². The molecule has 4 heteroatoms. The molecule has 0 aliphatic heterocycles. The third-order valence-electron chi connectivity index (χ3n) is 3.76. The van der Waals surface area contributed by atoms with Crippen molar-refractivity contribution in [3.63, 3.8) is 0 Å². The number of hydrogen-bond acceptors (Lipinski definition) is 3. The molecule has 1 aromatic rings. The first-order valence-electron chi connectivity index (χ1n) is 6.24. The number of anilines is 1. The van der Waals surface area contributed by atoms with Crippen LogP contribution in [-0.2, 0) is 0 Å². The Morgan fingerprint density at radius 3 is 2.82 bits per heavy atom. The van der Waals surface area contributed by atoms with Crippen LogP contribution >= 0.6 is 11.6 Å². The van der Waals surface area contributed by atoms with Crippen molar-refractivity contribution in [1.82, 2.24) is 4.98 Å². The molecule has 2 rings (SSSR count). The zero-order valence-electron chi connectivity index (χ0n) is 10.2. The summed E-state index contributed by atoms with van der Waals surface area (Å²) < 4.78 is 0. The average molecular weight is 254 g/mol. The minimum atomic E-state index is -0.0233. The summed E-state index contributed by atoms with van der Waals surface area (Å²) in [6.45, 7) is 2.93. The Morgan fingerprint density at radius 1 is 1.53 bits per heavy atom. The van der Waals surface area contributed by atoms with Crippen LogP contribution in [0.25, 0.3) is 0 Å².